The molecule has 0 nitrogen and oxygen atoms in total. The van der Waals surface area contributed by atoms with Gasteiger partial charge in [0.05, 0.1) is 8.50 Å². The van der Waals surface area contributed by atoms with Crippen molar-refractivity contribution in [2.45, 2.75) is 14.9 Å². The first-order valence-corrected chi connectivity index (χ1v) is 7.19. The predicted molar refractivity (Wildman–Crippen MR) is 62.7 cm³/mol. The Morgan fingerprint density at radius 1 is 1.40 bits per heavy atom. The fourth-order valence-corrected chi connectivity index (χ4v) is 7.24. The third kappa shape index (κ3) is 3.43. The summed E-state index contributed by atoms with van der Waals surface area (Å²) in [6.07, 6.45) is 1.20. The summed E-state index contributed by atoms with van der Waals surface area (Å²) in [5.74, 6) is 0.996. The van der Waals surface area contributed by atoms with Crippen molar-refractivity contribution < 1.29 is 0 Å². The Labute approximate surface area is 85.9 Å². The Kier molecular flexibility index (Phi) is 5.32. The molecule has 0 aromatic heterocycles. The zero-order valence-electron chi connectivity index (χ0n) is 5.40. The molecule has 1 rings (SSSR count). The van der Waals surface area contributed by atoms with Gasteiger partial charge in [-0.3, -0.25) is 0 Å². The van der Waals surface area contributed by atoms with Gasteiger partial charge in [-0.2, -0.15) is 25.3 Å². The Morgan fingerprint density at radius 2 is 2.20 bits per heavy atom. The maximum absolute atomic E-state index is 4.40. The zero-order chi connectivity index (χ0) is 7.40. The molecular formula is C5H10S5. The smallest absolute Gasteiger partial charge is 0.0947 e. The maximum Gasteiger partial charge on any atom is 0.0947 e. The lowest BCUT2D eigenvalue weighted by atomic mass is 10.6. The quantitative estimate of drug-likeness (QED) is 0.701. The Hall–Kier alpha value is 1.75. The molecule has 0 bridgehead atoms. The molecular weight excluding hydrogens is 220 g/mol. The lowest BCUT2D eigenvalue weighted by molar-refractivity contribution is 1.08. The molecule has 0 aromatic rings. The van der Waals surface area contributed by atoms with Gasteiger partial charge in [0.2, 0.25) is 0 Å². The number of hydrogen-bond donors (Lipinski definition) is 2. The van der Waals surface area contributed by atoms with Gasteiger partial charge in [0.1, 0.15) is 0 Å². The molecule has 10 heavy (non-hydrogen) atoms. The van der Waals surface area contributed by atoms with Crippen LogP contribution in [0.4, 0.5) is 0 Å². The van der Waals surface area contributed by atoms with E-state index in [0.717, 1.165) is 10.3 Å². The molecule has 1 aliphatic rings. The van der Waals surface area contributed by atoms with Crippen molar-refractivity contribution >= 4 is 60.5 Å². The molecule has 0 saturated carbocycles. The number of thiol groups is 2. The van der Waals surface area contributed by atoms with E-state index in [1.165, 1.54) is 11.5 Å². The second kappa shape index (κ2) is 5.41. The lowest BCUT2D eigenvalue weighted by Crippen LogP contribution is -2.07. The number of hydrogen-bond acceptors (Lipinski definition) is 5. The molecule has 0 aliphatic carbocycles. The normalized spacial score (nSPS) is 34.2. The second-order valence-corrected chi connectivity index (χ2v) is 8.06. The van der Waals surface area contributed by atoms with Crippen LogP contribution in [0.15, 0.2) is 0 Å². The van der Waals surface area contributed by atoms with Crippen LogP contribution in [0, 0.1) is 0 Å². The minimum atomic E-state index is 0.492. The number of rotatable bonds is 2. The summed E-state index contributed by atoms with van der Waals surface area (Å²) in [5, 5.41) is 1.19. The summed E-state index contributed by atoms with van der Waals surface area (Å²) in [7, 11) is 0. The predicted octanol–water partition coefficient (Wildman–Crippen LogP) is 3.02. The number of thioether (sulfide) groups is 3. The minimum absolute atomic E-state index is 0.492. The third-order valence-electron chi connectivity index (χ3n) is 1.10. The average Bonchev–Trinajstić information content (AvgIpc) is 1.88. The van der Waals surface area contributed by atoms with Gasteiger partial charge < -0.3 is 0 Å². The minimum Gasteiger partial charge on any atom is -0.179 e. The Morgan fingerprint density at radius 3 is 2.80 bits per heavy atom. The van der Waals surface area contributed by atoms with E-state index in [1.807, 2.05) is 35.3 Å². The van der Waals surface area contributed by atoms with Crippen LogP contribution in [0.5, 0.6) is 0 Å². The molecule has 1 heterocycles. The van der Waals surface area contributed by atoms with Crippen LogP contribution in [0.3, 0.4) is 0 Å². The van der Waals surface area contributed by atoms with Crippen LogP contribution in [0.25, 0.3) is 0 Å². The van der Waals surface area contributed by atoms with Gasteiger partial charge in [-0.15, -0.1) is 35.3 Å². The van der Waals surface area contributed by atoms with E-state index >= 15 is 0 Å². The summed E-state index contributed by atoms with van der Waals surface area (Å²) in [5.41, 5.74) is 0. The highest BCUT2D eigenvalue weighted by atomic mass is 32.3. The molecule has 2 unspecified atom stereocenters. The molecule has 0 aromatic carbocycles. The topological polar surface area (TPSA) is 0 Å². The van der Waals surface area contributed by atoms with Gasteiger partial charge >= 0.3 is 0 Å². The highest BCUT2D eigenvalue weighted by Gasteiger charge is 2.19. The van der Waals surface area contributed by atoms with Crippen molar-refractivity contribution in [1.82, 2.24) is 0 Å². The van der Waals surface area contributed by atoms with E-state index < -0.39 is 0 Å². The molecule has 0 spiro atoms. The molecule has 2 atom stereocenters. The van der Waals surface area contributed by atoms with Crippen LogP contribution >= 0.6 is 60.5 Å². The first-order valence-electron chi connectivity index (χ1n) is 3.00. The molecule has 1 fully saturated rings. The van der Waals surface area contributed by atoms with Gasteiger partial charge in [-0.1, -0.05) is 0 Å². The molecule has 0 amide bonds. The van der Waals surface area contributed by atoms with Crippen LogP contribution in [0.2, 0.25) is 0 Å². The van der Waals surface area contributed by atoms with E-state index in [4.69, 9.17) is 0 Å². The van der Waals surface area contributed by atoms with Crippen molar-refractivity contribution in [3.63, 3.8) is 0 Å². The summed E-state index contributed by atoms with van der Waals surface area (Å²) >= 11 is 14.5. The summed E-state index contributed by atoms with van der Waals surface area (Å²) in [4.78, 5) is 0. The molecule has 0 N–H and O–H groups in total. The first-order chi connectivity index (χ1) is 4.83. The van der Waals surface area contributed by atoms with Crippen LogP contribution in [-0.2, 0) is 0 Å². The van der Waals surface area contributed by atoms with Crippen LogP contribution in [-0.4, -0.2) is 19.3 Å². The molecule has 60 valence electrons. The van der Waals surface area contributed by atoms with E-state index in [0.29, 0.717) is 3.91 Å². The van der Waals surface area contributed by atoms with Gasteiger partial charge in [0.25, 0.3) is 0 Å². The van der Waals surface area contributed by atoms with Gasteiger partial charge in [-0.05, 0) is 12.2 Å². The average molecular weight is 230 g/mol. The van der Waals surface area contributed by atoms with E-state index in [2.05, 4.69) is 25.3 Å². The second-order valence-electron chi connectivity index (χ2n) is 1.84. The molecule has 0 radical (unpaired) electrons. The van der Waals surface area contributed by atoms with Crippen molar-refractivity contribution in [3.05, 3.63) is 0 Å². The maximum atomic E-state index is 4.40. The van der Waals surface area contributed by atoms with Crippen LogP contribution in [0.1, 0.15) is 6.42 Å². The Bertz CT molecular complexity index is 94.0. The lowest BCUT2D eigenvalue weighted by Gasteiger charge is -2.24. The Balaban J connectivity index is 2.18. The van der Waals surface area contributed by atoms with Gasteiger partial charge in [-0.25, -0.2) is 0 Å². The van der Waals surface area contributed by atoms with E-state index in [-0.39, 0.29) is 0 Å². The van der Waals surface area contributed by atoms with Crippen LogP contribution < -0.4 is 0 Å². The molecule has 1 saturated heterocycles. The first kappa shape index (κ1) is 9.84. The van der Waals surface area contributed by atoms with Crippen molar-refractivity contribution in [2.24, 2.45) is 0 Å². The standard InChI is InChI=1S/C5H10S5/c6-2-1-4-8-3-9-5(7)10-4/h4-7H,1-3H2. The molecule has 5 heteroatoms. The van der Waals surface area contributed by atoms with E-state index in [9.17, 15) is 0 Å². The SMILES string of the molecule is SCCC1SCSC(S)S1. The van der Waals surface area contributed by atoms with Crippen molar-refractivity contribution in [1.29, 1.82) is 0 Å². The van der Waals surface area contributed by atoms with E-state index in [1.54, 1.807) is 0 Å². The zero-order valence-corrected chi connectivity index (χ0v) is 9.63. The highest BCUT2D eigenvalue weighted by Crippen LogP contribution is 2.44. The van der Waals surface area contributed by atoms with Crippen molar-refractivity contribution in [3.8, 4) is 0 Å². The monoisotopic (exact) mass is 230 g/mol. The molecule has 1 aliphatic heterocycles. The summed E-state index contributed by atoms with van der Waals surface area (Å²) < 4.78 is 1.23. The summed E-state index contributed by atoms with van der Waals surface area (Å²) in [6, 6.07) is 0. The van der Waals surface area contributed by atoms with Crippen molar-refractivity contribution in [2.75, 3.05) is 10.8 Å². The third-order valence-corrected chi connectivity index (χ3v) is 6.40. The fourth-order valence-electron chi connectivity index (χ4n) is 0.639. The fraction of sp³-hybridized carbons (Fsp3) is 1.00. The van der Waals surface area contributed by atoms with Gasteiger partial charge in [0, 0.05) is 5.08 Å². The summed E-state index contributed by atoms with van der Waals surface area (Å²) in [6.45, 7) is 0. The largest absolute Gasteiger partial charge is 0.179 e. The highest BCUT2D eigenvalue weighted by molar-refractivity contribution is 8.38. The van der Waals surface area contributed by atoms with Gasteiger partial charge in [0.15, 0.2) is 0 Å².